The average molecular weight is 366 g/mol. The SMILES string of the molecule is CCCCC(CC)Cn1c2ccc(CCN)cc2c2cc(CCN)ccc21. The molecule has 0 saturated heterocycles. The summed E-state index contributed by atoms with van der Waals surface area (Å²) in [4.78, 5) is 0. The lowest BCUT2D eigenvalue weighted by Gasteiger charge is -2.17. The fraction of sp³-hybridized carbons (Fsp3) is 0.500. The molecule has 0 aliphatic rings. The van der Waals surface area contributed by atoms with Gasteiger partial charge in [-0.25, -0.2) is 0 Å². The van der Waals surface area contributed by atoms with Crippen LogP contribution in [0.15, 0.2) is 36.4 Å². The zero-order valence-electron chi connectivity index (χ0n) is 17.0. The van der Waals surface area contributed by atoms with Crippen LogP contribution in [-0.4, -0.2) is 17.7 Å². The Bertz CT molecular complexity index is 815. The second kappa shape index (κ2) is 9.38. The minimum Gasteiger partial charge on any atom is -0.340 e. The fourth-order valence-corrected chi connectivity index (χ4v) is 4.21. The van der Waals surface area contributed by atoms with Gasteiger partial charge in [0.1, 0.15) is 0 Å². The molecule has 2 aromatic carbocycles. The summed E-state index contributed by atoms with van der Waals surface area (Å²) < 4.78 is 2.55. The Morgan fingerprint density at radius 2 is 1.41 bits per heavy atom. The highest BCUT2D eigenvalue weighted by Gasteiger charge is 2.15. The molecule has 146 valence electrons. The zero-order chi connectivity index (χ0) is 19.2. The van der Waals surface area contributed by atoms with Crippen LogP contribution in [0.2, 0.25) is 0 Å². The topological polar surface area (TPSA) is 57.0 Å². The second-order valence-corrected chi connectivity index (χ2v) is 7.81. The van der Waals surface area contributed by atoms with E-state index < -0.39 is 0 Å². The lowest BCUT2D eigenvalue weighted by Crippen LogP contribution is -2.10. The molecule has 0 spiro atoms. The van der Waals surface area contributed by atoms with Crippen molar-refractivity contribution in [3.8, 4) is 0 Å². The monoisotopic (exact) mass is 365 g/mol. The van der Waals surface area contributed by atoms with Crippen molar-refractivity contribution >= 4 is 21.8 Å². The van der Waals surface area contributed by atoms with Gasteiger partial charge in [0.25, 0.3) is 0 Å². The number of nitrogens with two attached hydrogens (primary N) is 2. The fourth-order valence-electron chi connectivity index (χ4n) is 4.21. The van der Waals surface area contributed by atoms with E-state index in [9.17, 15) is 0 Å². The number of fused-ring (bicyclic) bond motifs is 3. The van der Waals surface area contributed by atoms with Crippen molar-refractivity contribution in [1.82, 2.24) is 4.57 Å². The van der Waals surface area contributed by atoms with Gasteiger partial charge in [0.05, 0.1) is 0 Å². The largest absolute Gasteiger partial charge is 0.340 e. The summed E-state index contributed by atoms with van der Waals surface area (Å²) in [5.41, 5.74) is 17.0. The smallest absolute Gasteiger partial charge is 0.0491 e. The molecule has 0 amide bonds. The standard InChI is InChI=1S/C24H35N3/c1-3-5-6-18(4-2)17-27-23-9-7-19(11-13-25)15-21(23)22-16-20(12-14-26)8-10-24(22)27/h7-10,15-16,18H,3-6,11-14,17,25-26H2,1-2H3. The van der Waals surface area contributed by atoms with Gasteiger partial charge >= 0.3 is 0 Å². The van der Waals surface area contributed by atoms with Crippen molar-refractivity contribution in [2.24, 2.45) is 17.4 Å². The molecule has 1 unspecified atom stereocenters. The first-order valence-electron chi connectivity index (χ1n) is 10.7. The molecular weight excluding hydrogens is 330 g/mol. The first kappa shape index (κ1) is 19.9. The molecule has 0 saturated carbocycles. The summed E-state index contributed by atoms with van der Waals surface area (Å²) in [5, 5.41) is 2.72. The summed E-state index contributed by atoms with van der Waals surface area (Å²) in [5.74, 6) is 0.733. The Hall–Kier alpha value is -1.84. The molecule has 0 aliphatic heterocycles. The predicted molar refractivity (Wildman–Crippen MR) is 118 cm³/mol. The van der Waals surface area contributed by atoms with Crippen molar-refractivity contribution in [1.29, 1.82) is 0 Å². The molecular formula is C24H35N3. The number of unbranched alkanes of at least 4 members (excludes halogenated alkanes) is 1. The van der Waals surface area contributed by atoms with Crippen LogP contribution in [0.25, 0.3) is 21.8 Å². The minimum atomic E-state index is 0.692. The summed E-state index contributed by atoms with van der Waals surface area (Å²) in [6, 6.07) is 13.8. The molecule has 0 radical (unpaired) electrons. The van der Waals surface area contributed by atoms with E-state index in [0.717, 1.165) is 25.3 Å². The number of rotatable bonds is 10. The third-order valence-electron chi connectivity index (χ3n) is 5.84. The number of hydrogen-bond donors (Lipinski definition) is 2. The van der Waals surface area contributed by atoms with E-state index in [-0.39, 0.29) is 0 Å². The number of nitrogens with zero attached hydrogens (tertiary/aromatic N) is 1. The van der Waals surface area contributed by atoms with E-state index in [0.29, 0.717) is 13.1 Å². The molecule has 4 N–H and O–H groups in total. The Labute approximate surface area is 163 Å². The lowest BCUT2D eigenvalue weighted by molar-refractivity contribution is 0.401. The van der Waals surface area contributed by atoms with Crippen LogP contribution in [0.4, 0.5) is 0 Å². The van der Waals surface area contributed by atoms with Gasteiger partial charge in [-0.2, -0.15) is 0 Å². The molecule has 27 heavy (non-hydrogen) atoms. The number of benzene rings is 2. The van der Waals surface area contributed by atoms with E-state index in [4.69, 9.17) is 11.5 Å². The highest BCUT2D eigenvalue weighted by atomic mass is 15.0. The van der Waals surface area contributed by atoms with E-state index in [1.165, 1.54) is 58.6 Å². The van der Waals surface area contributed by atoms with Crippen LogP contribution in [0.3, 0.4) is 0 Å². The lowest BCUT2D eigenvalue weighted by atomic mass is 9.99. The van der Waals surface area contributed by atoms with Gasteiger partial charge in [-0.05, 0) is 73.7 Å². The van der Waals surface area contributed by atoms with Gasteiger partial charge in [-0.15, -0.1) is 0 Å². The summed E-state index contributed by atoms with van der Waals surface area (Å²) >= 11 is 0. The predicted octanol–water partition coefficient (Wildman–Crippen LogP) is 5.01. The number of hydrogen-bond acceptors (Lipinski definition) is 2. The maximum Gasteiger partial charge on any atom is 0.0491 e. The van der Waals surface area contributed by atoms with Crippen LogP contribution in [0.5, 0.6) is 0 Å². The third kappa shape index (κ3) is 4.36. The molecule has 1 heterocycles. The Morgan fingerprint density at radius 3 is 1.85 bits per heavy atom. The molecule has 3 heteroatoms. The molecule has 0 aliphatic carbocycles. The normalized spacial score (nSPS) is 12.9. The highest BCUT2D eigenvalue weighted by Crippen LogP contribution is 2.32. The first-order chi connectivity index (χ1) is 13.2. The quantitative estimate of drug-likeness (QED) is 0.530. The number of aromatic nitrogens is 1. The van der Waals surface area contributed by atoms with Crippen molar-refractivity contribution in [2.75, 3.05) is 13.1 Å². The first-order valence-corrected chi connectivity index (χ1v) is 10.7. The van der Waals surface area contributed by atoms with Crippen molar-refractivity contribution < 1.29 is 0 Å². The molecule has 0 bridgehead atoms. The van der Waals surface area contributed by atoms with Crippen molar-refractivity contribution in [2.45, 2.75) is 58.9 Å². The van der Waals surface area contributed by atoms with Gasteiger partial charge < -0.3 is 16.0 Å². The highest BCUT2D eigenvalue weighted by molar-refractivity contribution is 6.08. The molecule has 0 fully saturated rings. The average Bonchev–Trinajstić information content (AvgIpc) is 2.98. The molecule has 1 atom stereocenters. The minimum absolute atomic E-state index is 0.692. The zero-order valence-corrected chi connectivity index (χ0v) is 17.0. The summed E-state index contributed by atoms with van der Waals surface area (Å²) in [6.07, 6.45) is 6.99. The molecule has 3 rings (SSSR count). The summed E-state index contributed by atoms with van der Waals surface area (Å²) in [7, 11) is 0. The summed E-state index contributed by atoms with van der Waals surface area (Å²) in [6.45, 7) is 7.09. The van der Waals surface area contributed by atoms with Gasteiger partial charge in [0, 0.05) is 28.4 Å². The Balaban J connectivity index is 2.12. The van der Waals surface area contributed by atoms with Crippen LogP contribution in [0, 0.1) is 5.92 Å². The second-order valence-electron chi connectivity index (χ2n) is 7.81. The Kier molecular flexibility index (Phi) is 6.92. The van der Waals surface area contributed by atoms with Gasteiger partial charge in [-0.1, -0.05) is 45.2 Å². The molecule has 3 aromatic rings. The van der Waals surface area contributed by atoms with Crippen LogP contribution in [0.1, 0.15) is 50.7 Å². The van der Waals surface area contributed by atoms with E-state index in [1.807, 2.05) is 0 Å². The van der Waals surface area contributed by atoms with E-state index in [2.05, 4.69) is 54.8 Å². The Morgan fingerprint density at radius 1 is 0.852 bits per heavy atom. The maximum absolute atomic E-state index is 5.80. The third-order valence-corrected chi connectivity index (χ3v) is 5.84. The van der Waals surface area contributed by atoms with E-state index in [1.54, 1.807) is 0 Å². The van der Waals surface area contributed by atoms with Crippen molar-refractivity contribution in [3.05, 3.63) is 47.5 Å². The van der Waals surface area contributed by atoms with Crippen LogP contribution >= 0.6 is 0 Å². The van der Waals surface area contributed by atoms with Gasteiger partial charge in [-0.3, -0.25) is 0 Å². The van der Waals surface area contributed by atoms with Gasteiger partial charge in [0.2, 0.25) is 0 Å². The van der Waals surface area contributed by atoms with Crippen LogP contribution in [-0.2, 0) is 19.4 Å². The van der Waals surface area contributed by atoms with E-state index >= 15 is 0 Å². The van der Waals surface area contributed by atoms with Gasteiger partial charge in [0.15, 0.2) is 0 Å². The maximum atomic E-state index is 5.80. The van der Waals surface area contributed by atoms with Crippen LogP contribution < -0.4 is 11.5 Å². The van der Waals surface area contributed by atoms with Crippen molar-refractivity contribution in [3.63, 3.8) is 0 Å². The molecule has 3 nitrogen and oxygen atoms in total. The molecule has 1 aromatic heterocycles.